The summed E-state index contributed by atoms with van der Waals surface area (Å²) in [6.45, 7) is 8.18. The fourth-order valence-electron chi connectivity index (χ4n) is 2.51. The zero-order chi connectivity index (χ0) is 16.5. The van der Waals surface area contributed by atoms with E-state index in [4.69, 9.17) is 4.74 Å². The van der Waals surface area contributed by atoms with E-state index in [0.29, 0.717) is 18.7 Å². The molecule has 0 saturated heterocycles. The summed E-state index contributed by atoms with van der Waals surface area (Å²) < 4.78 is 4.91. The molecule has 0 heterocycles. The molecule has 1 rings (SSSR count). The third kappa shape index (κ3) is 4.94. The number of esters is 1. The first-order valence-electron chi connectivity index (χ1n) is 7.95. The maximum absolute atomic E-state index is 12.3. The summed E-state index contributed by atoms with van der Waals surface area (Å²) in [5.41, 5.74) is 0.912. The number of hydrogen-bond donors (Lipinski definition) is 2. The first-order valence-corrected chi connectivity index (χ1v) is 7.95. The van der Waals surface area contributed by atoms with E-state index < -0.39 is 11.9 Å². The van der Waals surface area contributed by atoms with Crippen LogP contribution in [-0.4, -0.2) is 43.8 Å². The summed E-state index contributed by atoms with van der Waals surface area (Å²) in [6.07, 6.45) is 0.694. The number of likely N-dealkylation sites (N-methyl/N-ethyl adjacent to an activating group) is 1. The first-order chi connectivity index (χ1) is 10.5. The van der Waals surface area contributed by atoms with Gasteiger partial charge in [-0.1, -0.05) is 13.8 Å². The number of carbonyl (C=O) groups excluding carboxylic acids is 3. The molecule has 1 aliphatic rings. The van der Waals surface area contributed by atoms with Crippen LogP contribution in [0.5, 0.6) is 0 Å². The monoisotopic (exact) mass is 310 g/mol. The highest BCUT2D eigenvalue weighted by atomic mass is 16.5. The van der Waals surface area contributed by atoms with Gasteiger partial charge in [0.25, 0.3) is 0 Å². The summed E-state index contributed by atoms with van der Waals surface area (Å²) in [5.74, 6) is -1.62. The lowest BCUT2D eigenvalue weighted by atomic mass is 9.82. The lowest BCUT2D eigenvalue weighted by Crippen LogP contribution is -2.35. The Labute approximate surface area is 131 Å². The molecule has 0 bridgehead atoms. The zero-order valence-electron chi connectivity index (χ0n) is 13.7. The maximum atomic E-state index is 12.3. The number of allylic oxidation sites excluding steroid dienone is 2. The molecule has 0 atom stereocenters. The molecule has 0 aromatic rings. The van der Waals surface area contributed by atoms with E-state index in [1.54, 1.807) is 6.92 Å². The second kappa shape index (κ2) is 9.35. The van der Waals surface area contributed by atoms with Gasteiger partial charge in [-0.15, -0.1) is 0 Å². The molecular weight excluding hydrogens is 284 g/mol. The lowest BCUT2D eigenvalue weighted by molar-refractivity contribution is -0.151. The van der Waals surface area contributed by atoms with Gasteiger partial charge in [0, 0.05) is 31.6 Å². The molecule has 0 aromatic heterocycles. The number of ether oxygens (including phenoxy) is 1. The second-order valence-electron chi connectivity index (χ2n) is 5.19. The topological polar surface area (TPSA) is 84.5 Å². The minimum absolute atomic E-state index is 0.0539. The molecule has 0 aliphatic heterocycles. The summed E-state index contributed by atoms with van der Waals surface area (Å²) in [5, 5.41) is 6.34. The predicted octanol–water partition coefficient (Wildman–Crippen LogP) is 0.961. The molecule has 1 saturated carbocycles. The van der Waals surface area contributed by atoms with E-state index >= 15 is 0 Å². The molecule has 2 N–H and O–H groups in total. The van der Waals surface area contributed by atoms with Crippen molar-refractivity contribution in [2.75, 3.05) is 26.2 Å². The van der Waals surface area contributed by atoms with Crippen molar-refractivity contribution in [3.05, 3.63) is 11.3 Å². The third-order valence-corrected chi connectivity index (χ3v) is 3.59. The minimum atomic E-state index is -0.636. The average Bonchev–Trinajstić information content (AvgIpc) is 2.49. The van der Waals surface area contributed by atoms with Gasteiger partial charge in [0.05, 0.1) is 18.1 Å². The van der Waals surface area contributed by atoms with Gasteiger partial charge < -0.3 is 15.4 Å². The standard InChI is InChI=1S/C16H26N2O4/c1-4-12(18-8-7-17-5-2)15-13(19)9-11(10-14(15)20)16(21)22-6-3/h11,17-18H,4-10H2,1-3H3. The molecule has 6 heteroatoms. The number of carbonyl (C=O) groups is 3. The van der Waals surface area contributed by atoms with Crippen LogP contribution in [0.15, 0.2) is 11.3 Å². The maximum Gasteiger partial charge on any atom is 0.309 e. The molecule has 0 unspecified atom stereocenters. The Kier molecular flexibility index (Phi) is 7.80. The Morgan fingerprint density at radius 2 is 1.77 bits per heavy atom. The van der Waals surface area contributed by atoms with Crippen molar-refractivity contribution in [1.29, 1.82) is 0 Å². The van der Waals surface area contributed by atoms with E-state index in [2.05, 4.69) is 10.6 Å². The summed E-state index contributed by atoms with van der Waals surface area (Å²) >= 11 is 0. The highest BCUT2D eigenvalue weighted by Crippen LogP contribution is 2.26. The Bertz CT molecular complexity index is 437. The normalized spacial score (nSPS) is 18.3. The van der Waals surface area contributed by atoms with E-state index in [9.17, 15) is 14.4 Å². The largest absolute Gasteiger partial charge is 0.466 e. The van der Waals surface area contributed by atoms with Crippen LogP contribution >= 0.6 is 0 Å². The highest BCUT2D eigenvalue weighted by molar-refractivity contribution is 6.23. The zero-order valence-corrected chi connectivity index (χ0v) is 13.7. The Morgan fingerprint density at radius 3 is 2.27 bits per heavy atom. The number of hydrogen-bond acceptors (Lipinski definition) is 6. The van der Waals surface area contributed by atoms with E-state index in [0.717, 1.165) is 13.1 Å². The second-order valence-corrected chi connectivity index (χ2v) is 5.19. The number of Topliss-reactive ketones (excluding diaryl/α,β-unsaturated/α-hetero) is 2. The highest BCUT2D eigenvalue weighted by Gasteiger charge is 2.36. The molecular formula is C16H26N2O4. The van der Waals surface area contributed by atoms with Gasteiger partial charge >= 0.3 is 5.97 Å². The van der Waals surface area contributed by atoms with Gasteiger partial charge in [0.15, 0.2) is 11.6 Å². The third-order valence-electron chi connectivity index (χ3n) is 3.59. The molecule has 1 aliphatic carbocycles. The Morgan fingerprint density at radius 1 is 1.14 bits per heavy atom. The minimum Gasteiger partial charge on any atom is -0.466 e. The van der Waals surface area contributed by atoms with Gasteiger partial charge in [-0.3, -0.25) is 14.4 Å². The lowest BCUT2D eigenvalue weighted by Gasteiger charge is -2.23. The summed E-state index contributed by atoms with van der Waals surface area (Å²) in [6, 6.07) is 0. The van der Waals surface area contributed by atoms with Gasteiger partial charge in [-0.05, 0) is 19.9 Å². The molecule has 0 aromatic carbocycles. The van der Waals surface area contributed by atoms with Gasteiger partial charge in [-0.2, -0.15) is 0 Å². The molecule has 0 spiro atoms. The van der Waals surface area contributed by atoms with E-state index in [-0.39, 0.29) is 36.6 Å². The van der Waals surface area contributed by atoms with Crippen molar-refractivity contribution in [2.24, 2.45) is 5.92 Å². The van der Waals surface area contributed by atoms with Gasteiger partial charge in [0.2, 0.25) is 0 Å². The Hall–Kier alpha value is -1.69. The summed E-state index contributed by atoms with van der Waals surface area (Å²) in [7, 11) is 0. The van der Waals surface area contributed by atoms with Crippen molar-refractivity contribution in [1.82, 2.24) is 10.6 Å². The van der Waals surface area contributed by atoms with Crippen molar-refractivity contribution in [3.63, 3.8) is 0 Å². The quantitative estimate of drug-likeness (QED) is 0.301. The number of nitrogens with one attached hydrogen (secondary N) is 2. The van der Waals surface area contributed by atoms with Crippen LogP contribution in [0.2, 0.25) is 0 Å². The molecule has 1 fully saturated rings. The fraction of sp³-hybridized carbons (Fsp3) is 0.688. The molecule has 22 heavy (non-hydrogen) atoms. The van der Waals surface area contributed by atoms with Crippen LogP contribution in [-0.2, 0) is 19.1 Å². The van der Waals surface area contributed by atoms with Crippen LogP contribution < -0.4 is 10.6 Å². The van der Waals surface area contributed by atoms with Crippen molar-refractivity contribution in [2.45, 2.75) is 40.0 Å². The molecule has 6 nitrogen and oxygen atoms in total. The van der Waals surface area contributed by atoms with Crippen LogP contribution in [0, 0.1) is 5.92 Å². The average molecular weight is 310 g/mol. The van der Waals surface area contributed by atoms with Gasteiger partial charge in [0.1, 0.15) is 0 Å². The van der Waals surface area contributed by atoms with E-state index in [1.165, 1.54) is 0 Å². The van der Waals surface area contributed by atoms with Crippen LogP contribution in [0.25, 0.3) is 0 Å². The van der Waals surface area contributed by atoms with E-state index in [1.807, 2.05) is 13.8 Å². The van der Waals surface area contributed by atoms with Crippen LogP contribution in [0.4, 0.5) is 0 Å². The number of ketones is 2. The van der Waals surface area contributed by atoms with Crippen molar-refractivity contribution in [3.8, 4) is 0 Å². The van der Waals surface area contributed by atoms with Crippen LogP contribution in [0.3, 0.4) is 0 Å². The summed E-state index contributed by atoms with van der Waals surface area (Å²) in [4.78, 5) is 36.3. The first kappa shape index (κ1) is 18.4. The predicted molar refractivity (Wildman–Crippen MR) is 83.2 cm³/mol. The fourth-order valence-corrected chi connectivity index (χ4v) is 2.51. The van der Waals surface area contributed by atoms with Gasteiger partial charge in [-0.25, -0.2) is 0 Å². The SMILES string of the molecule is CCNCCNC(CC)=C1C(=O)CC(C(=O)OCC)CC1=O. The van der Waals surface area contributed by atoms with Crippen molar-refractivity contribution < 1.29 is 19.1 Å². The van der Waals surface area contributed by atoms with Crippen molar-refractivity contribution >= 4 is 17.5 Å². The molecule has 0 radical (unpaired) electrons. The van der Waals surface area contributed by atoms with Crippen LogP contribution in [0.1, 0.15) is 40.0 Å². The molecule has 124 valence electrons. The Balaban J connectivity index is 2.77. The molecule has 0 amide bonds. The smallest absolute Gasteiger partial charge is 0.309 e. The number of rotatable bonds is 8.